The molecule has 0 heterocycles. The first-order valence-corrected chi connectivity index (χ1v) is 16.2. The molecule has 0 unspecified atom stereocenters. The number of nitrogens with zero attached hydrogens (tertiary/aromatic N) is 1. The number of ether oxygens (including phenoxy) is 2. The number of rotatable bonds is 17. The maximum Gasteiger partial charge on any atom is 0.408 e. The number of hydrogen-bond acceptors (Lipinski definition) is 8. The van der Waals surface area contributed by atoms with E-state index in [0.29, 0.717) is 5.75 Å². The molecule has 3 aromatic rings. The van der Waals surface area contributed by atoms with Crippen LogP contribution < -0.4 is 15.4 Å². The molecule has 0 aliphatic rings. The van der Waals surface area contributed by atoms with Gasteiger partial charge in [0.25, 0.3) is 0 Å². The molecular formula is C33H43N3O8S. The Morgan fingerprint density at radius 1 is 0.867 bits per heavy atom. The van der Waals surface area contributed by atoms with E-state index in [1.54, 1.807) is 36.4 Å². The Bertz CT molecular complexity index is 1440. The zero-order valence-electron chi connectivity index (χ0n) is 25.8. The van der Waals surface area contributed by atoms with E-state index < -0.39 is 46.8 Å². The van der Waals surface area contributed by atoms with Crippen molar-refractivity contribution in [2.75, 3.05) is 26.8 Å². The monoisotopic (exact) mass is 641 g/mol. The van der Waals surface area contributed by atoms with Crippen molar-refractivity contribution < 1.29 is 37.7 Å². The summed E-state index contributed by atoms with van der Waals surface area (Å²) in [6, 6.07) is 22.0. The number of nitrogens with one attached hydrogen (secondary N) is 2. The average Bonchev–Trinajstić information content (AvgIpc) is 3.03. The standard InChI is InChI=1S/C33H43N3O8S/c1-24(2)21-36(45(41,42)28-16-14-27(43-3)15-17-28)22-31(38)30(20-25-10-6-4-7-11-25)34-32(39)29(18-19-37)35-33(40)44-23-26-12-8-5-9-13-26/h4-17,24,29-31,37-38H,18-23H2,1-3H3,(H,34,39)(H,35,40)/t29-,30-,31+/m0/s1. The Kier molecular flexibility index (Phi) is 13.8. The van der Waals surface area contributed by atoms with Crippen LogP contribution in [0.3, 0.4) is 0 Å². The number of carbonyl (C=O) groups excluding carboxylic acids is 2. The van der Waals surface area contributed by atoms with Gasteiger partial charge in [0, 0.05) is 19.7 Å². The Morgan fingerprint density at radius 2 is 1.47 bits per heavy atom. The van der Waals surface area contributed by atoms with Gasteiger partial charge in [-0.05, 0) is 54.2 Å². The normalized spacial score (nSPS) is 13.6. The van der Waals surface area contributed by atoms with Gasteiger partial charge in [-0.2, -0.15) is 4.31 Å². The zero-order chi connectivity index (χ0) is 32.8. The number of amides is 2. The molecule has 0 radical (unpaired) electrons. The second-order valence-electron chi connectivity index (χ2n) is 11.0. The number of alkyl carbamates (subject to hydrolysis) is 1. The minimum Gasteiger partial charge on any atom is -0.497 e. The van der Waals surface area contributed by atoms with Gasteiger partial charge >= 0.3 is 6.09 Å². The third-order valence-corrected chi connectivity index (χ3v) is 8.83. The highest BCUT2D eigenvalue weighted by molar-refractivity contribution is 7.89. The lowest BCUT2D eigenvalue weighted by atomic mass is 10.00. The van der Waals surface area contributed by atoms with Crippen molar-refractivity contribution in [1.82, 2.24) is 14.9 Å². The summed E-state index contributed by atoms with van der Waals surface area (Å²) in [5.74, 6) is -0.216. The Labute approximate surface area is 265 Å². The number of aliphatic hydroxyl groups excluding tert-OH is 2. The van der Waals surface area contributed by atoms with E-state index in [1.807, 2.05) is 50.2 Å². The highest BCUT2D eigenvalue weighted by Crippen LogP contribution is 2.22. The number of hydrogen-bond donors (Lipinski definition) is 4. The first kappa shape index (κ1) is 35.5. The second-order valence-corrected chi connectivity index (χ2v) is 13.0. The fraction of sp³-hybridized carbons (Fsp3) is 0.394. The van der Waals surface area contributed by atoms with E-state index in [1.165, 1.54) is 23.5 Å². The summed E-state index contributed by atoms with van der Waals surface area (Å²) in [6.45, 7) is 3.15. The molecule has 4 N–H and O–H groups in total. The summed E-state index contributed by atoms with van der Waals surface area (Å²) < 4.78 is 39.0. The van der Waals surface area contributed by atoms with Gasteiger partial charge in [0.1, 0.15) is 18.4 Å². The third kappa shape index (κ3) is 11.2. The van der Waals surface area contributed by atoms with Gasteiger partial charge in [-0.15, -0.1) is 0 Å². The van der Waals surface area contributed by atoms with Gasteiger partial charge in [-0.1, -0.05) is 74.5 Å². The SMILES string of the molecule is COc1ccc(S(=O)(=O)N(CC(C)C)C[C@@H](O)[C@H](Cc2ccccc2)NC(=O)[C@H](CCO)NC(=O)OCc2ccccc2)cc1. The molecular weight excluding hydrogens is 598 g/mol. The molecule has 0 aliphatic heterocycles. The smallest absolute Gasteiger partial charge is 0.408 e. The fourth-order valence-corrected chi connectivity index (χ4v) is 6.27. The summed E-state index contributed by atoms with van der Waals surface area (Å²) in [5, 5.41) is 26.4. The predicted molar refractivity (Wildman–Crippen MR) is 170 cm³/mol. The molecule has 45 heavy (non-hydrogen) atoms. The fourth-order valence-electron chi connectivity index (χ4n) is 4.65. The number of carbonyl (C=O) groups is 2. The van der Waals surface area contributed by atoms with Crippen LogP contribution >= 0.6 is 0 Å². The van der Waals surface area contributed by atoms with Gasteiger partial charge in [0.2, 0.25) is 15.9 Å². The first-order valence-electron chi connectivity index (χ1n) is 14.8. The maximum absolute atomic E-state index is 13.7. The van der Waals surface area contributed by atoms with E-state index in [9.17, 15) is 28.2 Å². The molecule has 0 bridgehead atoms. The number of aliphatic hydroxyl groups is 2. The first-order chi connectivity index (χ1) is 21.5. The number of sulfonamides is 1. The second kappa shape index (κ2) is 17.5. The van der Waals surface area contributed by atoms with Crippen LogP contribution in [0.2, 0.25) is 0 Å². The summed E-state index contributed by atoms with van der Waals surface area (Å²) in [6.07, 6.45) is -2.11. The molecule has 3 atom stereocenters. The van der Waals surface area contributed by atoms with Gasteiger partial charge in [0.05, 0.1) is 24.2 Å². The molecule has 0 saturated heterocycles. The van der Waals surface area contributed by atoms with Crippen LogP contribution in [0, 0.1) is 5.92 Å². The van der Waals surface area contributed by atoms with Crippen LogP contribution in [-0.2, 0) is 32.6 Å². The van der Waals surface area contributed by atoms with Gasteiger partial charge in [-0.25, -0.2) is 13.2 Å². The lowest BCUT2D eigenvalue weighted by molar-refractivity contribution is -0.125. The van der Waals surface area contributed by atoms with Crippen molar-refractivity contribution in [3.63, 3.8) is 0 Å². The summed E-state index contributed by atoms with van der Waals surface area (Å²) in [4.78, 5) is 26.0. The van der Waals surface area contributed by atoms with E-state index in [0.717, 1.165) is 11.1 Å². The Morgan fingerprint density at radius 3 is 2.02 bits per heavy atom. The third-order valence-electron chi connectivity index (χ3n) is 6.99. The minimum atomic E-state index is -4.02. The van der Waals surface area contributed by atoms with Crippen LogP contribution in [0.15, 0.2) is 89.8 Å². The van der Waals surface area contributed by atoms with Crippen LogP contribution in [0.1, 0.15) is 31.4 Å². The molecule has 2 amide bonds. The molecule has 11 nitrogen and oxygen atoms in total. The molecule has 244 valence electrons. The molecule has 0 aromatic heterocycles. The van der Waals surface area contributed by atoms with Gasteiger partial charge in [-0.3, -0.25) is 4.79 Å². The Hall–Kier alpha value is -3.97. The molecule has 0 saturated carbocycles. The lowest BCUT2D eigenvalue weighted by Crippen LogP contribution is -2.55. The van der Waals surface area contributed by atoms with Crippen LogP contribution in [0.25, 0.3) is 0 Å². The number of benzene rings is 3. The molecule has 0 fully saturated rings. The molecule has 3 rings (SSSR count). The van der Waals surface area contributed by atoms with Crippen LogP contribution in [0.5, 0.6) is 5.75 Å². The lowest BCUT2D eigenvalue weighted by Gasteiger charge is -2.31. The zero-order valence-corrected chi connectivity index (χ0v) is 26.7. The summed E-state index contributed by atoms with van der Waals surface area (Å²) >= 11 is 0. The van der Waals surface area contributed by atoms with E-state index >= 15 is 0 Å². The van der Waals surface area contributed by atoms with Crippen molar-refractivity contribution >= 4 is 22.0 Å². The predicted octanol–water partition coefficient (Wildman–Crippen LogP) is 3.11. The van der Waals surface area contributed by atoms with Crippen molar-refractivity contribution in [2.24, 2.45) is 5.92 Å². The quantitative estimate of drug-likeness (QED) is 0.175. The number of methoxy groups -OCH3 is 1. The minimum absolute atomic E-state index is 0.0101. The molecule has 0 aliphatic carbocycles. The van der Waals surface area contributed by atoms with Gasteiger partial charge < -0.3 is 30.3 Å². The van der Waals surface area contributed by atoms with E-state index in [-0.39, 0.29) is 43.4 Å². The van der Waals surface area contributed by atoms with E-state index in [4.69, 9.17) is 9.47 Å². The largest absolute Gasteiger partial charge is 0.497 e. The molecule has 3 aromatic carbocycles. The topological polar surface area (TPSA) is 154 Å². The van der Waals surface area contributed by atoms with Crippen LogP contribution in [-0.4, -0.2) is 79.9 Å². The van der Waals surface area contributed by atoms with Crippen molar-refractivity contribution in [1.29, 1.82) is 0 Å². The highest BCUT2D eigenvalue weighted by atomic mass is 32.2. The molecule has 0 spiro atoms. The molecule has 12 heteroatoms. The van der Waals surface area contributed by atoms with Crippen molar-refractivity contribution in [3.05, 3.63) is 96.1 Å². The maximum atomic E-state index is 13.7. The van der Waals surface area contributed by atoms with Crippen LogP contribution in [0.4, 0.5) is 4.79 Å². The highest BCUT2D eigenvalue weighted by Gasteiger charge is 2.33. The Balaban J connectivity index is 1.80. The summed E-state index contributed by atoms with van der Waals surface area (Å²) in [7, 11) is -2.54. The van der Waals surface area contributed by atoms with E-state index in [2.05, 4.69) is 10.6 Å². The van der Waals surface area contributed by atoms with Crippen molar-refractivity contribution in [2.45, 2.75) is 56.4 Å². The van der Waals surface area contributed by atoms with Gasteiger partial charge in [0.15, 0.2) is 0 Å². The average molecular weight is 642 g/mol. The summed E-state index contributed by atoms with van der Waals surface area (Å²) in [5.41, 5.74) is 1.56. The van der Waals surface area contributed by atoms with Crippen molar-refractivity contribution in [3.8, 4) is 5.75 Å².